The molecule has 0 saturated carbocycles. The fraction of sp³-hybridized carbons (Fsp3) is 0.250. The Bertz CT molecular complexity index is 1030. The van der Waals surface area contributed by atoms with Gasteiger partial charge >= 0.3 is 17.0 Å². The first-order chi connectivity index (χ1) is 17.3. The van der Waals surface area contributed by atoms with E-state index in [0.717, 1.165) is 12.2 Å². The largest absolute Gasteiger partial charge is 0.495 e. The Labute approximate surface area is 207 Å². The number of ether oxygens (including phenoxy) is 6. The maximum Gasteiger partial charge on any atom is 0.495 e. The minimum atomic E-state index is -1.10. The van der Waals surface area contributed by atoms with Gasteiger partial charge in [-0.25, -0.2) is 9.59 Å². The third-order valence-corrected chi connectivity index (χ3v) is 4.53. The second-order valence-electron chi connectivity index (χ2n) is 6.63. The lowest BCUT2D eigenvalue weighted by molar-refractivity contribution is -0.944. The van der Waals surface area contributed by atoms with E-state index in [0.29, 0.717) is 45.6 Å². The van der Waals surface area contributed by atoms with Gasteiger partial charge in [0.15, 0.2) is 23.0 Å². The molecule has 0 fully saturated rings. The Morgan fingerprint density at radius 2 is 0.889 bits per heavy atom. The Morgan fingerprint density at radius 3 is 1.14 bits per heavy atom. The molecule has 0 atom stereocenters. The van der Waals surface area contributed by atoms with Crippen molar-refractivity contribution in [3.8, 4) is 34.5 Å². The zero-order valence-electron chi connectivity index (χ0n) is 20.6. The molecule has 0 aromatic heterocycles. The van der Waals surface area contributed by atoms with Crippen LogP contribution in [0.2, 0.25) is 0 Å². The van der Waals surface area contributed by atoms with E-state index in [9.17, 15) is 14.5 Å². The van der Waals surface area contributed by atoms with Gasteiger partial charge in [0.2, 0.25) is 11.5 Å². The summed E-state index contributed by atoms with van der Waals surface area (Å²) < 4.78 is 31.4. The zero-order valence-corrected chi connectivity index (χ0v) is 20.6. The highest BCUT2D eigenvalue weighted by molar-refractivity contribution is 5.88. The molecule has 0 aliphatic rings. The molecule has 36 heavy (non-hydrogen) atoms. The molecule has 0 radical (unpaired) electrons. The summed E-state index contributed by atoms with van der Waals surface area (Å²) in [5.41, 5.74) is 0.980. The maximum atomic E-state index is 11.9. The van der Waals surface area contributed by atoms with Crippen LogP contribution in [0.15, 0.2) is 36.4 Å². The van der Waals surface area contributed by atoms with Crippen molar-refractivity contribution in [2.45, 2.75) is 0 Å². The number of benzene rings is 2. The quantitative estimate of drug-likeness (QED) is 0.312. The van der Waals surface area contributed by atoms with Gasteiger partial charge in [0.1, 0.15) is 4.91 Å². The van der Waals surface area contributed by atoms with Crippen LogP contribution in [0.25, 0.3) is 12.2 Å². The molecular formula is C24H26NO11+. The first-order valence-corrected chi connectivity index (χ1v) is 10.2. The third-order valence-electron chi connectivity index (χ3n) is 4.53. The second kappa shape index (κ2) is 13.2. The van der Waals surface area contributed by atoms with Gasteiger partial charge in [-0.1, -0.05) is 0 Å². The van der Waals surface area contributed by atoms with Crippen molar-refractivity contribution in [2.24, 2.45) is 0 Å². The van der Waals surface area contributed by atoms with E-state index in [2.05, 4.69) is 9.68 Å². The molecule has 0 amide bonds. The normalized spacial score (nSPS) is 10.6. The van der Waals surface area contributed by atoms with Crippen LogP contribution in [0.3, 0.4) is 0 Å². The second-order valence-corrected chi connectivity index (χ2v) is 6.63. The number of hydrogen-bond donors (Lipinski definition) is 0. The molecule has 2 rings (SSSR count). The molecule has 0 unspecified atom stereocenters. The molecule has 12 nitrogen and oxygen atoms in total. The Hall–Kier alpha value is -4.74. The van der Waals surface area contributed by atoms with Crippen molar-refractivity contribution in [1.29, 1.82) is 0 Å². The number of rotatable bonds is 12. The SMILES string of the molecule is COc1cc(/C=C/C(=O)O[N+](=O)OC(=O)/C=C/c2cc(OC)c(OC)c(OC)c2)cc(OC)c1OC. The minimum absolute atomic E-state index is 0.364. The molecule has 2 aromatic carbocycles. The van der Waals surface area contributed by atoms with Crippen molar-refractivity contribution in [1.82, 2.24) is 0 Å². The van der Waals surface area contributed by atoms with Gasteiger partial charge in [-0.15, -0.1) is 9.68 Å². The molecule has 0 aliphatic carbocycles. The highest BCUT2D eigenvalue weighted by Crippen LogP contribution is 2.39. The highest BCUT2D eigenvalue weighted by atomic mass is 17.0. The van der Waals surface area contributed by atoms with E-state index < -0.39 is 17.0 Å². The standard InChI is InChI=1S/C24H26NO11/c1-29-17-11-15(12-18(30-2)23(17)33-5)7-9-21(26)35-25(28)36-22(27)10-8-16-13-19(31-3)24(34-6)20(14-16)32-4/h7-14H,1-6H3/q+1/b9-7+,10-8+. The zero-order chi connectivity index (χ0) is 26.7. The lowest BCUT2D eigenvalue weighted by atomic mass is 10.1. The van der Waals surface area contributed by atoms with Gasteiger partial charge in [-0.3, -0.25) is 0 Å². The fourth-order valence-electron chi connectivity index (χ4n) is 2.95. The summed E-state index contributed by atoms with van der Waals surface area (Å²) in [6, 6.07) is 6.31. The van der Waals surface area contributed by atoms with Crippen LogP contribution in [-0.4, -0.2) is 59.7 Å². The molecule has 0 bridgehead atoms. The third kappa shape index (κ3) is 7.13. The summed E-state index contributed by atoms with van der Waals surface area (Å²) in [4.78, 5) is 44.3. The summed E-state index contributed by atoms with van der Waals surface area (Å²) in [6.07, 6.45) is 4.58. The van der Waals surface area contributed by atoms with E-state index in [1.165, 1.54) is 54.8 Å². The first kappa shape index (κ1) is 27.5. The number of nitrogens with zero attached hydrogens (tertiary/aromatic N) is 1. The van der Waals surface area contributed by atoms with Gasteiger partial charge in [-0.05, 0) is 47.5 Å². The predicted molar refractivity (Wildman–Crippen MR) is 126 cm³/mol. The summed E-state index contributed by atoms with van der Waals surface area (Å²) in [5, 5.41) is -0.607. The Balaban J connectivity index is 2.01. The molecule has 0 heterocycles. The van der Waals surface area contributed by atoms with E-state index in [-0.39, 0.29) is 0 Å². The molecule has 2 aromatic rings. The number of hydrogen-bond acceptors (Lipinski definition) is 11. The molecule has 0 N–H and O–H groups in total. The molecule has 0 aliphatic heterocycles. The van der Waals surface area contributed by atoms with Crippen LogP contribution < -0.4 is 28.4 Å². The minimum Gasteiger partial charge on any atom is -0.493 e. The van der Waals surface area contributed by atoms with Gasteiger partial charge in [0.25, 0.3) is 0 Å². The molecule has 192 valence electrons. The number of methoxy groups -OCH3 is 6. The summed E-state index contributed by atoms with van der Waals surface area (Å²) >= 11 is 0. The highest BCUT2D eigenvalue weighted by Gasteiger charge is 2.22. The summed E-state index contributed by atoms with van der Waals surface area (Å²) in [6.45, 7) is 0. The van der Waals surface area contributed by atoms with Gasteiger partial charge in [0, 0.05) is 12.2 Å². The van der Waals surface area contributed by atoms with E-state index in [1.54, 1.807) is 24.3 Å². The molecular weight excluding hydrogens is 478 g/mol. The average Bonchev–Trinajstić information content (AvgIpc) is 2.88. The van der Waals surface area contributed by atoms with Gasteiger partial charge in [0.05, 0.1) is 42.7 Å². The van der Waals surface area contributed by atoms with Crippen molar-refractivity contribution >= 4 is 24.1 Å². The van der Waals surface area contributed by atoms with Crippen molar-refractivity contribution in [2.75, 3.05) is 42.7 Å². The monoisotopic (exact) mass is 504 g/mol. The van der Waals surface area contributed by atoms with Crippen molar-refractivity contribution in [3.63, 3.8) is 0 Å². The molecule has 12 heteroatoms. The first-order valence-electron chi connectivity index (χ1n) is 10.2. The Kier molecular flexibility index (Phi) is 10.1. The van der Waals surface area contributed by atoms with Gasteiger partial charge in [-0.2, -0.15) is 0 Å². The van der Waals surface area contributed by atoms with Crippen LogP contribution in [0.5, 0.6) is 34.5 Å². The Morgan fingerprint density at radius 1 is 0.583 bits per heavy atom. The van der Waals surface area contributed by atoms with Gasteiger partial charge < -0.3 is 28.4 Å². The van der Waals surface area contributed by atoms with Crippen LogP contribution >= 0.6 is 0 Å². The fourth-order valence-corrected chi connectivity index (χ4v) is 2.95. The molecule has 0 spiro atoms. The lowest BCUT2D eigenvalue weighted by Crippen LogP contribution is -2.17. The average molecular weight is 504 g/mol. The van der Waals surface area contributed by atoms with Crippen LogP contribution in [0.1, 0.15) is 11.1 Å². The maximum absolute atomic E-state index is 11.9. The number of carbonyl (C=O) groups excluding carboxylic acids is 2. The van der Waals surface area contributed by atoms with E-state index in [4.69, 9.17) is 28.4 Å². The van der Waals surface area contributed by atoms with Crippen molar-refractivity contribution < 1.29 is 52.8 Å². The summed E-state index contributed by atoms with van der Waals surface area (Å²) in [5.74, 6) is 0.00627. The van der Waals surface area contributed by atoms with Crippen molar-refractivity contribution in [3.05, 3.63) is 52.5 Å². The van der Waals surface area contributed by atoms with Crippen LogP contribution in [-0.2, 0) is 19.3 Å². The van der Waals surface area contributed by atoms with E-state index >= 15 is 0 Å². The van der Waals surface area contributed by atoms with E-state index in [1.807, 2.05) is 0 Å². The van der Waals surface area contributed by atoms with Crippen LogP contribution in [0, 0.1) is 4.91 Å². The summed E-state index contributed by atoms with van der Waals surface area (Å²) in [7, 11) is 8.68. The number of carbonyl (C=O) groups is 2. The topological polar surface area (TPSA) is 128 Å². The smallest absolute Gasteiger partial charge is 0.493 e. The van der Waals surface area contributed by atoms with Crippen LogP contribution in [0.4, 0.5) is 0 Å². The molecule has 0 saturated heterocycles. The lowest BCUT2D eigenvalue weighted by Gasteiger charge is -2.12. The predicted octanol–water partition coefficient (Wildman–Crippen LogP) is 3.16.